The fraction of sp³-hybridized carbons (Fsp3) is 0.652. The van der Waals surface area contributed by atoms with Crippen LogP contribution in [0, 0.1) is 12.8 Å². The van der Waals surface area contributed by atoms with Crippen molar-refractivity contribution >= 4 is 39.3 Å². The van der Waals surface area contributed by atoms with Crippen molar-refractivity contribution in [3.05, 3.63) is 32.8 Å². The van der Waals surface area contributed by atoms with Crippen LogP contribution in [-0.4, -0.2) is 67.0 Å². The number of methoxy groups -OCH3 is 1. The second kappa shape index (κ2) is 11.6. The van der Waals surface area contributed by atoms with Crippen molar-refractivity contribution in [2.24, 2.45) is 11.7 Å². The van der Waals surface area contributed by atoms with E-state index in [1.54, 1.807) is 14.2 Å². The van der Waals surface area contributed by atoms with E-state index < -0.39 is 12.1 Å². The van der Waals surface area contributed by atoms with Crippen molar-refractivity contribution in [1.29, 1.82) is 0 Å². The van der Waals surface area contributed by atoms with Crippen LogP contribution in [0.25, 0.3) is 0 Å². The molecule has 0 radical (unpaired) electrons. The maximum Gasteiger partial charge on any atom is 0.246 e. The smallest absolute Gasteiger partial charge is 0.246 e. The minimum Gasteiger partial charge on any atom is -0.383 e. The fourth-order valence-electron chi connectivity index (χ4n) is 4.15. The van der Waals surface area contributed by atoms with Crippen molar-refractivity contribution in [3.8, 4) is 0 Å². The molecule has 0 unspecified atom stereocenters. The predicted molar refractivity (Wildman–Crippen MR) is 128 cm³/mol. The van der Waals surface area contributed by atoms with Gasteiger partial charge in [0.25, 0.3) is 0 Å². The molecule has 1 fully saturated rings. The molecule has 1 saturated heterocycles. The SMILES string of the molecule is COC[C@H]1CCCN1C(=O)[C@H](Cc1cc(Cl)c(C)cc1Br)N(C)C(=O)[C@@H](N)CC(C)C. The highest BCUT2D eigenvalue weighted by Gasteiger charge is 2.37. The Morgan fingerprint density at radius 1 is 1.39 bits per heavy atom. The van der Waals surface area contributed by atoms with Crippen LogP contribution in [0.1, 0.15) is 44.2 Å². The summed E-state index contributed by atoms with van der Waals surface area (Å²) in [7, 11) is 3.32. The Morgan fingerprint density at radius 2 is 2.06 bits per heavy atom. The molecule has 1 aromatic carbocycles. The lowest BCUT2D eigenvalue weighted by Gasteiger charge is -2.35. The van der Waals surface area contributed by atoms with E-state index in [1.165, 1.54) is 4.90 Å². The fourth-order valence-corrected chi connectivity index (χ4v) is 4.95. The topological polar surface area (TPSA) is 75.9 Å². The van der Waals surface area contributed by atoms with Gasteiger partial charge in [-0.3, -0.25) is 9.59 Å². The quantitative estimate of drug-likeness (QED) is 0.542. The van der Waals surface area contributed by atoms with Gasteiger partial charge in [-0.25, -0.2) is 0 Å². The number of rotatable bonds is 9. The van der Waals surface area contributed by atoms with E-state index in [1.807, 2.05) is 37.8 Å². The Bertz CT molecular complexity index is 790. The third-order valence-electron chi connectivity index (χ3n) is 5.90. The molecule has 1 heterocycles. The van der Waals surface area contributed by atoms with Crippen LogP contribution in [-0.2, 0) is 20.7 Å². The van der Waals surface area contributed by atoms with Crippen LogP contribution in [0.15, 0.2) is 16.6 Å². The first-order chi connectivity index (χ1) is 14.6. The van der Waals surface area contributed by atoms with Crippen molar-refractivity contribution in [3.63, 3.8) is 0 Å². The zero-order chi connectivity index (χ0) is 23.3. The number of hydrogen-bond donors (Lipinski definition) is 1. The standard InChI is InChI=1S/C23H35BrClN3O3/c1-14(2)9-20(26)22(29)27(4)21(12-16-11-19(25)15(3)10-18(16)24)23(30)28-8-6-7-17(28)13-31-5/h10-11,14,17,20-21H,6-9,12-13,26H2,1-5H3/t17-,20+,21+/m1/s1. The lowest BCUT2D eigenvalue weighted by atomic mass is 9.99. The summed E-state index contributed by atoms with van der Waals surface area (Å²) >= 11 is 9.95. The van der Waals surface area contributed by atoms with Crippen molar-refractivity contribution < 1.29 is 14.3 Å². The average Bonchev–Trinajstić information content (AvgIpc) is 3.16. The second-order valence-corrected chi connectivity index (χ2v) is 10.1. The first-order valence-corrected chi connectivity index (χ1v) is 12.0. The Balaban J connectivity index is 2.36. The number of nitrogens with two attached hydrogens (primary N) is 1. The molecule has 8 heteroatoms. The maximum atomic E-state index is 13.7. The number of nitrogens with zero attached hydrogens (tertiary/aromatic N) is 2. The molecule has 3 atom stereocenters. The second-order valence-electron chi connectivity index (χ2n) is 8.88. The molecule has 174 valence electrons. The van der Waals surface area contributed by atoms with Crippen molar-refractivity contribution in [1.82, 2.24) is 9.80 Å². The molecule has 0 saturated carbocycles. The molecule has 2 amide bonds. The highest BCUT2D eigenvalue weighted by molar-refractivity contribution is 9.10. The molecule has 6 nitrogen and oxygen atoms in total. The largest absolute Gasteiger partial charge is 0.383 e. The molecule has 2 rings (SSSR count). The molecule has 1 aromatic rings. The predicted octanol–water partition coefficient (Wildman–Crippen LogP) is 3.79. The number of ether oxygens (including phenoxy) is 1. The van der Waals surface area contributed by atoms with Crippen LogP contribution < -0.4 is 5.73 Å². The van der Waals surface area contributed by atoms with Gasteiger partial charge in [0, 0.05) is 36.6 Å². The van der Waals surface area contributed by atoms with Crippen LogP contribution in [0.5, 0.6) is 0 Å². The molecule has 1 aliphatic rings. The number of halogens is 2. The molecular formula is C23H35BrClN3O3. The summed E-state index contributed by atoms with van der Waals surface area (Å²) in [5, 5.41) is 0.633. The Hall–Kier alpha value is -1.15. The summed E-state index contributed by atoms with van der Waals surface area (Å²) in [5.74, 6) is -0.00386. The number of carbonyl (C=O) groups excluding carboxylic acids is 2. The van der Waals surface area contributed by atoms with E-state index in [2.05, 4.69) is 15.9 Å². The molecular weight excluding hydrogens is 482 g/mol. The van der Waals surface area contributed by atoms with Gasteiger partial charge in [-0.1, -0.05) is 41.4 Å². The van der Waals surface area contributed by atoms with Crippen molar-refractivity contribution in [2.45, 2.75) is 64.6 Å². The van der Waals surface area contributed by atoms with Crippen LogP contribution in [0.3, 0.4) is 0 Å². The summed E-state index contributed by atoms with van der Waals surface area (Å²) in [6, 6.07) is 2.52. The lowest BCUT2D eigenvalue weighted by Crippen LogP contribution is -2.55. The monoisotopic (exact) mass is 515 g/mol. The van der Waals surface area contributed by atoms with Crippen LogP contribution in [0.2, 0.25) is 5.02 Å². The van der Waals surface area contributed by atoms with Gasteiger partial charge in [0.2, 0.25) is 11.8 Å². The normalized spacial score (nSPS) is 18.4. The van der Waals surface area contributed by atoms with E-state index in [4.69, 9.17) is 22.1 Å². The first-order valence-electron chi connectivity index (χ1n) is 10.8. The summed E-state index contributed by atoms with van der Waals surface area (Å²) in [6.07, 6.45) is 2.75. The summed E-state index contributed by atoms with van der Waals surface area (Å²) in [6.45, 7) is 7.14. The molecule has 0 spiro atoms. The summed E-state index contributed by atoms with van der Waals surface area (Å²) in [4.78, 5) is 30.2. The third-order valence-corrected chi connectivity index (χ3v) is 7.05. The maximum absolute atomic E-state index is 13.7. The molecule has 2 N–H and O–H groups in total. The number of likely N-dealkylation sites (N-methyl/N-ethyl adjacent to an activating group) is 1. The van der Waals surface area contributed by atoms with Gasteiger partial charge in [-0.05, 0) is 55.4 Å². The average molecular weight is 517 g/mol. The van der Waals surface area contributed by atoms with E-state index in [9.17, 15) is 9.59 Å². The Labute approximate surface area is 199 Å². The number of likely N-dealkylation sites (tertiary alicyclic amines) is 1. The van der Waals surface area contributed by atoms with Gasteiger partial charge >= 0.3 is 0 Å². The van der Waals surface area contributed by atoms with E-state index in [-0.39, 0.29) is 23.8 Å². The molecule has 0 aromatic heterocycles. The molecule has 1 aliphatic heterocycles. The van der Waals surface area contributed by atoms with Gasteiger partial charge in [-0.15, -0.1) is 0 Å². The lowest BCUT2D eigenvalue weighted by molar-refractivity contribution is -0.146. The van der Waals surface area contributed by atoms with Gasteiger partial charge in [0.05, 0.1) is 18.7 Å². The summed E-state index contributed by atoms with van der Waals surface area (Å²) < 4.78 is 6.19. The first kappa shape index (κ1) is 26.1. The highest BCUT2D eigenvalue weighted by Crippen LogP contribution is 2.28. The van der Waals surface area contributed by atoms with Gasteiger partial charge in [0.15, 0.2) is 0 Å². The van der Waals surface area contributed by atoms with E-state index in [0.717, 1.165) is 28.4 Å². The Kier molecular flexibility index (Phi) is 9.80. The minimum atomic E-state index is -0.668. The van der Waals surface area contributed by atoms with E-state index in [0.29, 0.717) is 31.0 Å². The number of hydrogen-bond acceptors (Lipinski definition) is 4. The van der Waals surface area contributed by atoms with E-state index >= 15 is 0 Å². The van der Waals surface area contributed by atoms with Gasteiger partial charge < -0.3 is 20.3 Å². The molecule has 0 aliphatic carbocycles. The van der Waals surface area contributed by atoms with Crippen molar-refractivity contribution in [2.75, 3.05) is 27.3 Å². The zero-order valence-electron chi connectivity index (χ0n) is 19.2. The van der Waals surface area contributed by atoms with Gasteiger partial charge in [0.1, 0.15) is 6.04 Å². The minimum absolute atomic E-state index is 0.0258. The van der Waals surface area contributed by atoms with Crippen LogP contribution in [0.4, 0.5) is 0 Å². The van der Waals surface area contributed by atoms with Gasteiger partial charge in [-0.2, -0.15) is 0 Å². The van der Waals surface area contributed by atoms with Crippen LogP contribution >= 0.6 is 27.5 Å². The molecule has 31 heavy (non-hydrogen) atoms. The zero-order valence-corrected chi connectivity index (χ0v) is 21.5. The number of carbonyl (C=O) groups is 2. The number of aryl methyl sites for hydroxylation is 1. The highest BCUT2D eigenvalue weighted by atomic mass is 79.9. The number of benzene rings is 1. The Morgan fingerprint density at radius 3 is 2.68 bits per heavy atom. The summed E-state index contributed by atoms with van der Waals surface area (Å²) in [5.41, 5.74) is 8.02. The third kappa shape index (κ3) is 6.67. The number of amides is 2. The molecule has 0 bridgehead atoms.